The lowest BCUT2D eigenvalue weighted by molar-refractivity contribution is 0.0479. The van der Waals surface area contributed by atoms with Crippen LogP contribution in [0, 0.1) is 17.2 Å². The molecule has 0 aliphatic heterocycles. The van der Waals surface area contributed by atoms with Gasteiger partial charge in [-0.05, 0) is 32.6 Å². The zero-order chi connectivity index (χ0) is 11.9. The summed E-state index contributed by atoms with van der Waals surface area (Å²) in [4.78, 5) is 0. The van der Waals surface area contributed by atoms with Gasteiger partial charge >= 0.3 is 0 Å². The van der Waals surface area contributed by atoms with Crippen LogP contribution < -0.4 is 5.73 Å². The van der Waals surface area contributed by atoms with E-state index in [1.165, 1.54) is 6.42 Å². The highest BCUT2D eigenvalue weighted by atomic mass is 16.5. The highest BCUT2D eigenvalue weighted by molar-refractivity contribution is 5.01. The molecule has 0 aliphatic carbocycles. The van der Waals surface area contributed by atoms with Crippen molar-refractivity contribution in [2.45, 2.75) is 58.6 Å². The normalized spacial score (nSPS) is 17.1. The lowest BCUT2D eigenvalue weighted by Crippen LogP contribution is -2.38. The third kappa shape index (κ3) is 8.41. The number of hydrogen-bond acceptors (Lipinski definition) is 3. The van der Waals surface area contributed by atoms with Crippen LogP contribution in [0.25, 0.3) is 0 Å². The number of rotatable bonds is 7. The van der Waals surface area contributed by atoms with E-state index in [4.69, 9.17) is 15.7 Å². The van der Waals surface area contributed by atoms with E-state index in [1.807, 2.05) is 6.92 Å². The molecule has 2 atom stereocenters. The predicted molar refractivity (Wildman–Crippen MR) is 62.3 cm³/mol. The lowest BCUT2D eigenvalue weighted by Gasteiger charge is -2.21. The van der Waals surface area contributed by atoms with Crippen molar-refractivity contribution in [3.8, 4) is 6.07 Å². The number of nitriles is 1. The Morgan fingerprint density at radius 3 is 2.47 bits per heavy atom. The molecule has 0 saturated heterocycles. The molecule has 2 N–H and O–H groups in total. The maximum atomic E-state index is 8.76. The minimum Gasteiger partial charge on any atom is -0.378 e. The van der Waals surface area contributed by atoms with Gasteiger partial charge in [0.2, 0.25) is 0 Å². The van der Waals surface area contributed by atoms with Gasteiger partial charge in [-0.15, -0.1) is 0 Å². The van der Waals surface area contributed by atoms with Crippen molar-refractivity contribution in [1.82, 2.24) is 0 Å². The van der Waals surface area contributed by atoms with Crippen LogP contribution in [0.3, 0.4) is 0 Å². The van der Waals surface area contributed by atoms with Crippen LogP contribution in [-0.2, 0) is 4.74 Å². The van der Waals surface area contributed by atoms with E-state index in [-0.39, 0.29) is 6.10 Å². The van der Waals surface area contributed by atoms with E-state index in [0.717, 1.165) is 18.9 Å². The van der Waals surface area contributed by atoms with Crippen LogP contribution >= 0.6 is 0 Å². The van der Waals surface area contributed by atoms with Gasteiger partial charge in [0.1, 0.15) is 5.54 Å². The standard InChI is InChI=1S/C12H24N2O/c1-10(2)6-5-7-15-11(3)8-12(4,14)9-13/h10-11H,5-8,14H2,1-4H3. The molecule has 15 heavy (non-hydrogen) atoms. The van der Waals surface area contributed by atoms with Crippen LogP contribution in [0.5, 0.6) is 0 Å². The Kier molecular flexibility index (Phi) is 6.55. The zero-order valence-corrected chi connectivity index (χ0v) is 10.4. The maximum absolute atomic E-state index is 8.76. The SMILES string of the molecule is CC(C)CCCOC(C)CC(C)(N)C#N. The van der Waals surface area contributed by atoms with Gasteiger partial charge in [-0.3, -0.25) is 0 Å². The maximum Gasteiger partial charge on any atom is 0.103 e. The van der Waals surface area contributed by atoms with Gasteiger partial charge in [-0.1, -0.05) is 13.8 Å². The summed E-state index contributed by atoms with van der Waals surface area (Å²) in [6.45, 7) is 8.88. The number of nitrogens with two attached hydrogens (primary N) is 1. The number of nitrogens with zero attached hydrogens (tertiary/aromatic N) is 1. The molecule has 0 aromatic rings. The first kappa shape index (κ1) is 14.4. The van der Waals surface area contributed by atoms with Crippen molar-refractivity contribution in [3.05, 3.63) is 0 Å². The van der Waals surface area contributed by atoms with Crippen molar-refractivity contribution in [1.29, 1.82) is 5.26 Å². The summed E-state index contributed by atoms with van der Waals surface area (Å²) in [5.41, 5.74) is 4.96. The summed E-state index contributed by atoms with van der Waals surface area (Å²) in [6, 6.07) is 2.08. The largest absolute Gasteiger partial charge is 0.378 e. The van der Waals surface area contributed by atoms with Gasteiger partial charge in [-0.2, -0.15) is 5.26 Å². The first-order chi connectivity index (χ1) is 6.87. The second-order valence-corrected chi connectivity index (χ2v) is 4.95. The number of hydrogen-bond donors (Lipinski definition) is 1. The molecule has 0 bridgehead atoms. The monoisotopic (exact) mass is 212 g/mol. The summed E-state index contributed by atoms with van der Waals surface area (Å²) < 4.78 is 5.60. The molecule has 0 heterocycles. The highest BCUT2D eigenvalue weighted by Crippen LogP contribution is 2.11. The van der Waals surface area contributed by atoms with E-state index in [2.05, 4.69) is 19.9 Å². The molecule has 0 spiro atoms. The molecule has 0 aliphatic rings. The van der Waals surface area contributed by atoms with Gasteiger partial charge in [0.15, 0.2) is 0 Å². The van der Waals surface area contributed by atoms with Crippen molar-refractivity contribution in [2.24, 2.45) is 11.7 Å². The second-order valence-electron chi connectivity index (χ2n) is 4.95. The Balaban J connectivity index is 3.59. The Morgan fingerprint density at radius 2 is 2.00 bits per heavy atom. The van der Waals surface area contributed by atoms with Crippen molar-refractivity contribution in [2.75, 3.05) is 6.61 Å². The van der Waals surface area contributed by atoms with E-state index < -0.39 is 5.54 Å². The molecule has 0 aromatic carbocycles. The third-order valence-corrected chi connectivity index (χ3v) is 2.30. The van der Waals surface area contributed by atoms with E-state index in [9.17, 15) is 0 Å². The average Bonchev–Trinajstić information content (AvgIpc) is 2.11. The first-order valence-corrected chi connectivity index (χ1v) is 5.69. The Hall–Kier alpha value is -0.590. The van der Waals surface area contributed by atoms with Crippen molar-refractivity contribution >= 4 is 0 Å². The molecule has 0 saturated carbocycles. The molecule has 0 radical (unpaired) electrons. The molecule has 3 nitrogen and oxygen atoms in total. The molecular weight excluding hydrogens is 188 g/mol. The fourth-order valence-electron chi connectivity index (χ4n) is 1.48. The highest BCUT2D eigenvalue weighted by Gasteiger charge is 2.21. The Bertz CT molecular complexity index is 206. The topological polar surface area (TPSA) is 59.0 Å². The molecule has 3 heteroatoms. The quantitative estimate of drug-likeness (QED) is 0.659. The Morgan fingerprint density at radius 1 is 1.40 bits per heavy atom. The minimum absolute atomic E-state index is 0.0619. The van der Waals surface area contributed by atoms with Crippen molar-refractivity contribution in [3.63, 3.8) is 0 Å². The van der Waals surface area contributed by atoms with E-state index >= 15 is 0 Å². The summed E-state index contributed by atoms with van der Waals surface area (Å²) >= 11 is 0. The fraction of sp³-hybridized carbons (Fsp3) is 0.917. The van der Waals surface area contributed by atoms with Crippen LogP contribution in [0.1, 0.15) is 47.0 Å². The zero-order valence-electron chi connectivity index (χ0n) is 10.4. The molecule has 0 amide bonds. The third-order valence-electron chi connectivity index (χ3n) is 2.30. The van der Waals surface area contributed by atoms with Gasteiger partial charge in [0.05, 0.1) is 12.2 Å². The lowest BCUT2D eigenvalue weighted by atomic mass is 9.98. The van der Waals surface area contributed by atoms with Gasteiger partial charge < -0.3 is 10.5 Å². The second kappa shape index (κ2) is 6.81. The van der Waals surface area contributed by atoms with Gasteiger partial charge in [-0.25, -0.2) is 0 Å². The molecule has 0 fully saturated rings. The van der Waals surface area contributed by atoms with Gasteiger partial charge in [0.25, 0.3) is 0 Å². The van der Waals surface area contributed by atoms with Crippen LogP contribution in [-0.4, -0.2) is 18.2 Å². The van der Waals surface area contributed by atoms with E-state index in [0.29, 0.717) is 6.42 Å². The molecule has 88 valence electrons. The fourth-order valence-corrected chi connectivity index (χ4v) is 1.48. The number of ether oxygens (including phenoxy) is 1. The van der Waals surface area contributed by atoms with Crippen molar-refractivity contribution < 1.29 is 4.74 Å². The van der Waals surface area contributed by atoms with E-state index in [1.54, 1.807) is 6.92 Å². The summed E-state index contributed by atoms with van der Waals surface area (Å²) in [6.07, 6.45) is 2.91. The molecule has 2 unspecified atom stereocenters. The summed E-state index contributed by atoms with van der Waals surface area (Å²) in [5.74, 6) is 0.725. The molecule has 0 rings (SSSR count). The van der Waals surface area contributed by atoms with Crippen LogP contribution in [0.15, 0.2) is 0 Å². The minimum atomic E-state index is -0.766. The molecule has 0 aromatic heterocycles. The molecular formula is C12H24N2O. The predicted octanol–water partition coefficient (Wildman–Crippen LogP) is 2.46. The summed E-state index contributed by atoms with van der Waals surface area (Å²) in [5, 5.41) is 8.76. The smallest absolute Gasteiger partial charge is 0.103 e. The average molecular weight is 212 g/mol. The van der Waals surface area contributed by atoms with Crippen LogP contribution in [0.2, 0.25) is 0 Å². The summed E-state index contributed by atoms with van der Waals surface area (Å²) in [7, 11) is 0. The van der Waals surface area contributed by atoms with Crippen LogP contribution in [0.4, 0.5) is 0 Å². The van der Waals surface area contributed by atoms with Gasteiger partial charge in [0, 0.05) is 13.0 Å². The first-order valence-electron chi connectivity index (χ1n) is 5.69. The Labute approximate surface area is 93.6 Å².